The fraction of sp³-hybridized carbons (Fsp3) is 0.200. The Hall–Kier alpha value is -2.24. The van der Waals surface area contributed by atoms with Crippen LogP contribution >= 0.6 is 0 Å². The largest absolute Gasteiger partial charge is 0.464 e. The molecule has 0 aliphatic heterocycles. The molecule has 0 N–H and O–H groups in total. The molecule has 82 valence electrons. The molecule has 2 aromatic heterocycles. The maximum absolute atomic E-state index is 11.4. The third-order valence-electron chi connectivity index (χ3n) is 2.11. The quantitative estimate of drug-likeness (QED) is 0.549. The summed E-state index contributed by atoms with van der Waals surface area (Å²) in [6, 6.07) is 2.98. The van der Waals surface area contributed by atoms with Gasteiger partial charge < -0.3 is 4.74 Å². The number of ketones is 1. The molecule has 0 aliphatic rings. The predicted molar refractivity (Wildman–Crippen MR) is 54.3 cm³/mol. The summed E-state index contributed by atoms with van der Waals surface area (Å²) in [5, 5.41) is 3.95. The highest BCUT2D eigenvalue weighted by Crippen LogP contribution is 2.09. The molecular weight excluding hydrogens is 210 g/mol. The normalized spacial score (nSPS) is 10.4. The van der Waals surface area contributed by atoms with E-state index in [-0.39, 0.29) is 11.5 Å². The standard InChI is InChI=1S/C10H9N3O3/c1-6(14)8-5-7(10(15)16-2)12-9-3-4-11-13(8)9/h3-5H,1-2H3. The Labute approximate surface area is 90.9 Å². The number of rotatable bonds is 2. The van der Waals surface area contributed by atoms with Crippen molar-refractivity contribution in [3.05, 3.63) is 29.7 Å². The van der Waals surface area contributed by atoms with Crippen LogP contribution in [0.4, 0.5) is 0 Å². The topological polar surface area (TPSA) is 73.6 Å². The monoisotopic (exact) mass is 219 g/mol. The molecule has 2 rings (SSSR count). The van der Waals surface area contributed by atoms with E-state index in [1.54, 1.807) is 6.07 Å². The number of hydrogen-bond donors (Lipinski definition) is 0. The minimum absolute atomic E-state index is 0.0979. The highest BCUT2D eigenvalue weighted by molar-refractivity contribution is 5.96. The van der Waals surface area contributed by atoms with Crippen molar-refractivity contribution in [2.75, 3.05) is 7.11 Å². The molecule has 0 aliphatic carbocycles. The van der Waals surface area contributed by atoms with Gasteiger partial charge in [0.25, 0.3) is 0 Å². The van der Waals surface area contributed by atoms with Crippen LogP contribution in [0.15, 0.2) is 18.3 Å². The fourth-order valence-electron chi connectivity index (χ4n) is 1.37. The molecule has 0 spiro atoms. The Morgan fingerprint density at radius 1 is 1.44 bits per heavy atom. The first kappa shape index (κ1) is 10.3. The van der Waals surface area contributed by atoms with Crippen molar-refractivity contribution in [1.82, 2.24) is 14.6 Å². The van der Waals surface area contributed by atoms with Crippen LogP contribution in [0.2, 0.25) is 0 Å². The van der Waals surface area contributed by atoms with Gasteiger partial charge in [-0.25, -0.2) is 14.3 Å². The number of esters is 1. The van der Waals surface area contributed by atoms with E-state index in [2.05, 4.69) is 14.8 Å². The lowest BCUT2D eigenvalue weighted by Gasteiger charge is -2.03. The summed E-state index contributed by atoms with van der Waals surface area (Å²) in [6.45, 7) is 1.40. The lowest BCUT2D eigenvalue weighted by atomic mass is 10.2. The van der Waals surface area contributed by atoms with Crippen LogP contribution in [0, 0.1) is 0 Å². The lowest BCUT2D eigenvalue weighted by Crippen LogP contribution is -2.11. The Kier molecular flexibility index (Phi) is 2.40. The zero-order chi connectivity index (χ0) is 11.7. The van der Waals surface area contributed by atoms with Crippen LogP contribution in [0.1, 0.15) is 27.9 Å². The lowest BCUT2D eigenvalue weighted by molar-refractivity contribution is 0.0594. The summed E-state index contributed by atoms with van der Waals surface area (Å²) in [4.78, 5) is 26.7. The number of carbonyl (C=O) groups excluding carboxylic acids is 2. The first-order chi connectivity index (χ1) is 7.63. The SMILES string of the molecule is COC(=O)c1cc(C(C)=O)n2nccc2n1. The number of carbonyl (C=O) groups is 2. The molecule has 0 unspecified atom stereocenters. The van der Waals surface area contributed by atoms with Crippen molar-refractivity contribution in [2.24, 2.45) is 0 Å². The van der Waals surface area contributed by atoms with Crippen LogP contribution in [0.5, 0.6) is 0 Å². The number of Topliss-reactive ketones (excluding diaryl/α,β-unsaturated/α-hetero) is 1. The van der Waals surface area contributed by atoms with Gasteiger partial charge in [-0.2, -0.15) is 5.10 Å². The zero-order valence-corrected chi connectivity index (χ0v) is 8.80. The maximum Gasteiger partial charge on any atom is 0.356 e. The molecule has 16 heavy (non-hydrogen) atoms. The van der Waals surface area contributed by atoms with E-state index in [9.17, 15) is 9.59 Å². The van der Waals surface area contributed by atoms with Gasteiger partial charge >= 0.3 is 5.97 Å². The summed E-state index contributed by atoms with van der Waals surface area (Å²) >= 11 is 0. The van der Waals surface area contributed by atoms with E-state index < -0.39 is 5.97 Å². The molecule has 6 nitrogen and oxygen atoms in total. The Balaban J connectivity index is 2.71. The van der Waals surface area contributed by atoms with Gasteiger partial charge in [-0.3, -0.25) is 4.79 Å². The molecule has 0 atom stereocenters. The van der Waals surface area contributed by atoms with E-state index in [4.69, 9.17) is 0 Å². The minimum Gasteiger partial charge on any atom is -0.464 e. The third kappa shape index (κ3) is 1.54. The third-order valence-corrected chi connectivity index (χ3v) is 2.11. The molecule has 2 aromatic rings. The van der Waals surface area contributed by atoms with Gasteiger partial charge in [-0.05, 0) is 0 Å². The van der Waals surface area contributed by atoms with Gasteiger partial charge in [0.15, 0.2) is 17.1 Å². The number of fused-ring (bicyclic) bond motifs is 1. The molecule has 0 bridgehead atoms. The van der Waals surface area contributed by atoms with Crippen LogP contribution in [0.25, 0.3) is 5.65 Å². The van der Waals surface area contributed by atoms with Crippen LogP contribution in [-0.4, -0.2) is 33.5 Å². The van der Waals surface area contributed by atoms with Crippen LogP contribution in [-0.2, 0) is 4.74 Å². The second-order valence-corrected chi connectivity index (χ2v) is 3.18. The molecule has 6 heteroatoms. The zero-order valence-electron chi connectivity index (χ0n) is 8.80. The molecule has 2 heterocycles. The highest BCUT2D eigenvalue weighted by atomic mass is 16.5. The van der Waals surface area contributed by atoms with Gasteiger partial charge in [0.2, 0.25) is 0 Å². The first-order valence-electron chi connectivity index (χ1n) is 4.57. The Morgan fingerprint density at radius 3 is 2.81 bits per heavy atom. The number of methoxy groups -OCH3 is 1. The van der Waals surface area contributed by atoms with Crippen molar-refractivity contribution in [3.8, 4) is 0 Å². The minimum atomic E-state index is -0.578. The summed E-state index contributed by atoms with van der Waals surface area (Å²) in [5.74, 6) is -0.771. The van der Waals surface area contributed by atoms with Crippen molar-refractivity contribution >= 4 is 17.4 Å². The highest BCUT2D eigenvalue weighted by Gasteiger charge is 2.14. The molecule has 0 fully saturated rings. The summed E-state index contributed by atoms with van der Waals surface area (Å²) < 4.78 is 5.94. The van der Waals surface area contributed by atoms with E-state index in [0.717, 1.165) is 0 Å². The average Bonchev–Trinajstić information content (AvgIpc) is 2.74. The van der Waals surface area contributed by atoms with Crippen molar-refractivity contribution < 1.29 is 14.3 Å². The van der Waals surface area contributed by atoms with Crippen LogP contribution in [0.3, 0.4) is 0 Å². The number of aromatic nitrogens is 3. The first-order valence-corrected chi connectivity index (χ1v) is 4.57. The summed E-state index contributed by atoms with van der Waals surface area (Å²) in [7, 11) is 1.26. The molecular formula is C10H9N3O3. The van der Waals surface area contributed by atoms with Crippen molar-refractivity contribution in [2.45, 2.75) is 6.92 Å². The average molecular weight is 219 g/mol. The van der Waals surface area contributed by atoms with E-state index >= 15 is 0 Å². The van der Waals surface area contributed by atoms with Gasteiger partial charge in [0.05, 0.1) is 13.3 Å². The van der Waals surface area contributed by atoms with Crippen molar-refractivity contribution in [1.29, 1.82) is 0 Å². The summed E-state index contributed by atoms with van der Waals surface area (Å²) in [5.41, 5.74) is 0.837. The van der Waals surface area contributed by atoms with Gasteiger partial charge in [-0.1, -0.05) is 0 Å². The smallest absolute Gasteiger partial charge is 0.356 e. The van der Waals surface area contributed by atoms with Crippen molar-refractivity contribution in [3.63, 3.8) is 0 Å². The Morgan fingerprint density at radius 2 is 2.19 bits per heavy atom. The van der Waals surface area contributed by atoms with E-state index in [1.165, 1.54) is 30.8 Å². The molecule has 0 aromatic carbocycles. The van der Waals surface area contributed by atoms with Gasteiger partial charge in [-0.15, -0.1) is 0 Å². The fourth-order valence-corrected chi connectivity index (χ4v) is 1.37. The molecule has 0 saturated carbocycles. The number of nitrogens with zero attached hydrogens (tertiary/aromatic N) is 3. The van der Waals surface area contributed by atoms with E-state index in [0.29, 0.717) is 11.3 Å². The predicted octanol–water partition coefficient (Wildman–Crippen LogP) is 0.718. The molecule has 0 amide bonds. The second-order valence-electron chi connectivity index (χ2n) is 3.18. The molecule has 0 radical (unpaired) electrons. The maximum atomic E-state index is 11.4. The van der Waals surface area contributed by atoms with Gasteiger partial charge in [0, 0.05) is 19.1 Å². The number of hydrogen-bond acceptors (Lipinski definition) is 5. The summed E-state index contributed by atoms with van der Waals surface area (Å²) in [6.07, 6.45) is 1.51. The van der Waals surface area contributed by atoms with E-state index in [1.807, 2.05) is 0 Å². The molecule has 0 saturated heterocycles. The number of ether oxygens (including phenoxy) is 1. The van der Waals surface area contributed by atoms with Gasteiger partial charge in [0.1, 0.15) is 5.69 Å². The van der Waals surface area contributed by atoms with Crippen LogP contribution < -0.4 is 0 Å². The Bertz CT molecular complexity index is 574. The second kappa shape index (κ2) is 3.73.